The first-order chi connectivity index (χ1) is 18.4. The second-order valence-electron chi connectivity index (χ2n) is 9.86. The predicted octanol–water partition coefficient (Wildman–Crippen LogP) is 9.41. The molecule has 0 saturated carbocycles. The number of benzene rings is 4. The van der Waals surface area contributed by atoms with E-state index in [0.717, 1.165) is 36.3 Å². The van der Waals surface area contributed by atoms with Crippen LogP contribution in [0.5, 0.6) is 5.75 Å². The van der Waals surface area contributed by atoms with Crippen LogP contribution in [0, 0.1) is 11.6 Å². The minimum atomic E-state index is -3.08. The molecule has 5 heteroatoms. The van der Waals surface area contributed by atoms with Crippen molar-refractivity contribution < 1.29 is 22.3 Å². The maximum Gasteiger partial charge on any atom is 0.387 e. The number of halogens is 4. The van der Waals surface area contributed by atoms with Crippen molar-refractivity contribution in [3.8, 4) is 5.75 Å². The Morgan fingerprint density at radius 1 is 0.632 bits per heavy atom. The Morgan fingerprint density at radius 3 is 1.97 bits per heavy atom. The van der Waals surface area contributed by atoms with E-state index in [-0.39, 0.29) is 5.82 Å². The van der Waals surface area contributed by atoms with Gasteiger partial charge in [0.05, 0.1) is 0 Å². The highest BCUT2D eigenvalue weighted by molar-refractivity contribution is 5.84. The Kier molecular flexibility index (Phi) is 9.80. The first-order valence-corrected chi connectivity index (χ1v) is 13.4. The van der Waals surface area contributed by atoms with Gasteiger partial charge in [-0.2, -0.15) is 8.78 Å². The molecule has 0 amide bonds. The summed E-state index contributed by atoms with van der Waals surface area (Å²) in [5, 5.41) is 1.41. The van der Waals surface area contributed by atoms with Gasteiger partial charge in [-0.15, -0.1) is 0 Å². The lowest BCUT2D eigenvalue weighted by Gasteiger charge is -2.10. The fraction of sp³-hybridized carbons (Fsp3) is 0.333. The smallest absolute Gasteiger partial charge is 0.387 e. The van der Waals surface area contributed by atoms with E-state index < -0.39 is 18.2 Å². The summed E-state index contributed by atoms with van der Waals surface area (Å²) < 4.78 is 58.0. The molecule has 0 saturated heterocycles. The highest BCUT2D eigenvalue weighted by atomic mass is 19.3. The van der Waals surface area contributed by atoms with Crippen LogP contribution in [0.3, 0.4) is 0 Å². The van der Waals surface area contributed by atoms with E-state index in [0.29, 0.717) is 29.4 Å². The third kappa shape index (κ3) is 7.59. The van der Waals surface area contributed by atoms with Crippen molar-refractivity contribution in [3.63, 3.8) is 0 Å². The van der Waals surface area contributed by atoms with Gasteiger partial charge in [-0.05, 0) is 83.9 Å². The Balaban J connectivity index is 1.34. The minimum Gasteiger partial charge on any atom is -0.432 e. The molecule has 0 spiro atoms. The highest BCUT2D eigenvalue weighted by Gasteiger charge is 2.12. The molecule has 0 atom stereocenters. The van der Waals surface area contributed by atoms with Crippen LogP contribution in [0.25, 0.3) is 10.8 Å². The monoisotopic (exact) mass is 522 g/mol. The molecular weight excluding hydrogens is 488 g/mol. The summed E-state index contributed by atoms with van der Waals surface area (Å²) in [4.78, 5) is 0. The summed E-state index contributed by atoms with van der Waals surface area (Å²) in [6, 6.07) is 22.3. The molecule has 4 aromatic rings. The largest absolute Gasteiger partial charge is 0.432 e. The second kappa shape index (κ2) is 13.5. The number of rotatable bonds is 13. The second-order valence-corrected chi connectivity index (χ2v) is 9.86. The minimum absolute atomic E-state index is 0.276. The van der Waals surface area contributed by atoms with E-state index in [1.807, 2.05) is 24.3 Å². The lowest BCUT2D eigenvalue weighted by atomic mass is 9.97. The Hall–Kier alpha value is -3.34. The Bertz CT molecular complexity index is 1330. The van der Waals surface area contributed by atoms with Crippen LogP contribution < -0.4 is 4.74 Å². The third-order valence-corrected chi connectivity index (χ3v) is 7.04. The summed E-state index contributed by atoms with van der Waals surface area (Å²) in [5.41, 5.74) is 4.98. The van der Waals surface area contributed by atoms with Gasteiger partial charge in [0.15, 0.2) is 11.6 Å². The standard InChI is InChI=1S/C33H34F4O/c1-2-3-4-5-6-23-7-9-24(10-8-23)11-12-25-14-19-29-28(21-25)18-17-27(32(29)35)16-13-26-15-20-31(30(34)22-26)38-33(36)37/h7-10,14-15,17-22,33H,2-6,11-13,16H2,1H3. The molecule has 0 heterocycles. The quantitative estimate of drug-likeness (QED) is 0.126. The van der Waals surface area contributed by atoms with Crippen LogP contribution in [0.1, 0.15) is 60.4 Å². The average Bonchev–Trinajstić information content (AvgIpc) is 2.91. The predicted molar refractivity (Wildman–Crippen MR) is 146 cm³/mol. The van der Waals surface area contributed by atoms with Gasteiger partial charge < -0.3 is 4.74 Å². The topological polar surface area (TPSA) is 9.23 Å². The van der Waals surface area contributed by atoms with Crippen molar-refractivity contribution in [1.82, 2.24) is 0 Å². The molecule has 0 unspecified atom stereocenters. The Morgan fingerprint density at radius 2 is 1.26 bits per heavy atom. The van der Waals surface area contributed by atoms with Crippen LogP contribution >= 0.6 is 0 Å². The lowest BCUT2D eigenvalue weighted by Crippen LogP contribution is -2.04. The number of aryl methyl sites for hydroxylation is 5. The fourth-order valence-electron chi connectivity index (χ4n) is 4.82. The zero-order valence-corrected chi connectivity index (χ0v) is 21.8. The van der Waals surface area contributed by atoms with Crippen molar-refractivity contribution in [2.75, 3.05) is 0 Å². The van der Waals surface area contributed by atoms with Crippen molar-refractivity contribution in [1.29, 1.82) is 0 Å². The van der Waals surface area contributed by atoms with Crippen molar-refractivity contribution in [3.05, 3.63) is 112 Å². The van der Waals surface area contributed by atoms with E-state index in [4.69, 9.17) is 0 Å². The molecule has 0 aliphatic rings. The van der Waals surface area contributed by atoms with Gasteiger partial charge in [0.25, 0.3) is 0 Å². The SMILES string of the molecule is CCCCCCc1ccc(CCc2ccc3c(F)c(CCc4ccc(OC(F)F)c(F)c4)ccc3c2)cc1. The van der Waals surface area contributed by atoms with E-state index in [9.17, 15) is 13.2 Å². The maximum atomic E-state index is 15.2. The summed E-state index contributed by atoms with van der Waals surface area (Å²) in [5.74, 6) is -1.62. The highest BCUT2D eigenvalue weighted by Crippen LogP contribution is 2.26. The van der Waals surface area contributed by atoms with E-state index in [2.05, 4.69) is 35.9 Å². The van der Waals surface area contributed by atoms with Crippen molar-refractivity contribution >= 4 is 10.8 Å². The molecule has 200 valence electrons. The summed E-state index contributed by atoms with van der Waals surface area (Å²) in [6.45, 7) is -0.856. The number of fused-ring (bicyclic) bond motifs is 1. The van der Waals surface area contributed by atoms with Gasteiger partial charge in [0.1, 0.15) is 5.82 Å². The fourth-order valence-corrected chi connectivity index (χ4v) is 4.82. The molecule has 0 bridgehead atoms. The lowest BCUT2D eigenvalue weighted by molar-refractivity contribution is -0.0522. The van der Waals surface area contributed by atoms with Crippen LogP contribution in [-0.2, 0) is 32.1 Å². The zero-order valence-electron chi connectivity index (χ0n) is 21.8. The van der Waals surface area contributed by atoms with Gasteiger partial charge in [-0.3, -0.25) is 0 Å². The van der Waals surface area contributed by atoms with Gasteiger partial charge in [-0.1, -0.05) is 86.8 Å². The molecule has 4 aromatic carbocycles. The summed E-state index contributed by atoms with van der Waals surface area (Å²) in [6.07, 6.45) is 8.78. The van der Waals surface area contributed by atoms with E-state index in [1.54, 1.807) is 6.07 Å². The molecule has 1 nitrogen and oxygen atoms in total. The molecule has 0 radical (unpaired) electrons. The average molecular weight is 523 g/mol. The van der Waals surface area contributed by atoms with Crippen LogP contribution in [-0.4, -0.2) is 6.61 Å². The Labute approximate surface area is 222 Å². The molecular formula is C33H34F4O. The molecule has 0 fully saturated rings. The summed E-state index contributed by atoms with van der Waals surface area (Å²) >= 11 is 0. The number of unbranched alkanes of at least 4 members (excludes halogenated alkanes) is 3. The maximum absolute atomic E-state index is 15.2. The van der Waals surface area contributed by atoms with Gasteiger partial charge in [-0.25, -0.2) is 8.78 Å². The number of alkyl halides is 2. The van der Waals surface area contributed by atoms with Crippen molar-refractivity contribution in [2.24, 2.45) is 0 Å². The van der Waals surface area contributed by atoms with Crippen LogP contribution in [0.15, 0.2) is 72.8 Å². The van der Waals surface area contributed by atoms with Crippen molar-refractivity contribution in [2.45, 2.75) is 71.3 Å². The zero-order chi connectivity index (χ0) is 26.9. The first kappa shape index (κ1) is 27.7. The number of hydrogen-bond donors (Lipinski definition) is 0. The molecule has 0 aliphatic heterocycles. The van der Waals surface area contributed by atoms with E-state index >= 15 is 4.39 Å². The van der Waals surface area contributed by atoms with Gasteiger partial charge in [0.2, 0.25) is 0 Å². The van der Waals surface area contributed by atoms with E-state index in [1.165, 1.54) is 48.9 Å². The summed E-state index contributed by atoms with van der Waals surface area (Å²) in [7, 11) is 0. The number of hydrogen-bond acceptors (Lipinski definition) is 1. The molecule has 38 heavy (non-hydrogen) atoms. The normalized spacial score (nSPS) is 11.4. The first-order valence-electron chi connectivity index (χ1n) is 13.4. The molecule has 0 aromatic heterocycles. The molecule has 4 rings (SSSR count). The number of ether oxygens (including phenoxy) is 1. The molecule has 0 N–H and O–H groups in total. The van der Waals surface area contributed by atoms with Crippen LogP contribution in [0.2, 0.25) is 0 Å². The third-order valence-electron chi connectivity index (χ3n) is 7.04. The van der Waals surface area contributed by atoms with Gasteiger partial charge in [0, 0.05) is 5.39 Å². The molecule has 0 aliphatic carbocycles. The van der Waals surface area contributed by atoms with Gasteiger partial charge >= 0.3 is 6.61 Å². The van der Waals surface area contributed by atoms with Crippen LogP contribution in [0.4, 0.5) is 17.6 Å².